The first-order valence-corrected chi connectivity index (χ1v) is 7.64. The average Bonchev–Trinajstić information content (AvgIpc) is 2.46. The minimum atomic E-state index is -0.257. The van der Waals surface area contributed by atoms with Crippen LogP contribution in [0.25, 0.3) is 0 Å². The lowest BCUT2D eigenvalue weighted by molar-refractivity contribution is -0.146. The lowest BCUT2D eigenvalue weighted by atomic mass is 9.90. The van der Waals surface area contributed by atoms with Crippen molar-refractivity contribution in [1.82, 2.24) is 0 Å². The SMILES string of the molecule is C=CCCOC(=O)CCCC(=O)OCC1CCCCC1. The minimum absolute atomic E-state index is 0.200. The highest BCUT2D eigenvalue weighted by Gasteiger charge is 2.15. The van der Waals surface area contributed by atoms with Crippen molar-refractivity contribution in [3.8, 4) is 0 Å². The van der Waals surface area contributed by atoms with Crippen LogP contribution in [0.1, 0.15) is 57.8 Å². The lowest BCUT2D eigenvalue weighted by Gasteiger charge is -2.20. The number of rotatable bonds is 9. The molecule has 4 heteroatoms. The molecule has 4 nitrogen and oxygen atoms in total. The van der Waals surface area contributed by atoms with Gasteiger partial charge in [0.2, 0.25) is 0 Å². The first kappa shape index (κ1) is 16.7. The maximum absolute atomic E-state index is 11.5. The topological polar surface area (TPSA) is 52.6 Å². The van der Waals surface area contributed by atoms with Crippen LogP contribution in [0, 0.1) is 5.92 Å². The molecule has 0 amide bonds. The summed E-state index contributed by atoms with van der Waals surface area (Å²) in [7, 11) is 0. The summed E-state index contributed by atoms with van der Waals surface area (Å²) in [5, 5.41) is 0. The molecule has 0 aliphatic heterocycles. The van der Waals surface area contributed by atoms with Crippen molar-refractivity contribution >= 4 is 11.9 Å². The molecule has 0 aromatic rings. The summed E-state index contributed by atoms with van der Waals surface area (Å²) in [4.78, 5) is 22.8. The highest BCUT2D eigenvalue weighted by Crippen LogP contribution is 2.23. The van der Waals surface area contributed by atoms with Gasteiger partial charge in [0.15, 0.2) is 0 Å². The van der Waals surface area contributed by atoms with Gasteiger partial charge in [-0.1, -0.05) is 25.3 Å². The summed E-state index contributed by atoms with van der Waals surface area (Å²) < 4.78 is 10.2. The number of esters is 2. The van der Waals surface area contributed by atoms with Crippen LogP contribution in [0.5, 0.6) is 0 Å². The Kier molecular flexibility index (Phi) is 8.76. The van der Waals surface area contributed by atoms with Gasteiger partial charge in [0.25, 0.3) is 0 Å². The van der Waals surface area contributed by atoms with Gasteiger partial charge in [0, 0.05) is 12.8 Å². The van der Waals surface area contributed by atoms with Crippen molar-refractivity contribution in [1.29, 1.82) is 0 Å². The molecule has 0 unspecified atom stereocenters. The van der Waals surface area contributed by atoms with Gasteiger partial charge in [-0.25, -0.2) is 0 Å². The molecule has 0 atom stereocenters. The maximum atomic E-state index is 11.5. The summed E-state index contributed by atoms with van der Waals surface area (Å²) in [5.41, 5.74) is 0. The van der Waals surface area contributed by atoms with E-state index in [9.17, 15) is 9.59 Å². The minimum Gasteiger partial charge on any atom is -0.465 e. The van der Waals surface area contributed by atoms with E-state index in [0.717, 1.165) is 0 Å². The predicted molar refractivity (Wildman–Crippen MR) is 77.2 cm³/mol. The average molecular weight is 282 g/mol. The third-order valence-electron chi connectivity index (χ3n) is 3.55. The van der Waals surface area contributed by atoms with Gasteiger partial charge >= 0.3 is 11.9 Å². The second-order valence-electron chi connectivity index (χ2n) is 5.34. The van der Waals surface area contributed by atoms with Crippen molar-refractivity contribution in [2.45, 2.75) is 57.8 Å². The number of hydrogen-bond acceptors (Lipinski definition) is 4. The molecule has 1 aliphatic rings. The van der Waals surface area contributed by atoms with Gasteiger partial charge in [-0.3, -0.25) is 9.59 Å². The monoisotopic (exact) mass is 282 g/mol. The number of carbonyl (C=O) groups is 2. The van der Waals surface area contributed by atoms with E-state index in [1.54, 1.807) is 6.08 Å². The molecule has 0 heterocycles. The van der Waals surface area contributed by atoms with Crippen molar-refractivity contribution in [2.24, 2.45) is 5.92 Å². The van der Waals surface area contributed by atoms with Crippen molar-refractivity contribution in [3.63, 3.8) is 0 Å². The zero-order valence-electron chi connectivity index (χ0n) is 12.3. The molecule has 1 aliphatic carbocycles. The van der Waals surface area contributed by atoms with Gasteiger partial charge < -0.3 is 9.47 Å². The number of carbonyl (C=O) groups excluding carboxylic acids is 2. The number of ether oxygens (including phenoxy) is 2. The summed E-state index contributed by atoms with van der Waals surface area (Å²) in [5.74, 6) is 0.0814. The second-order valence-corrected chi connectivity index (χ2v) is 5.34. The Hall–Kier alpha value is -1.32. The molecule has 0 radical (unpaired) electrons. The van der Waals surface area contributed by atoms with E-state index >= 15 is 0 Å². The quantitative estimate of drug-likeness (QED) is 0.369. The van der Waals surface area contributed by atoms with E-state index in [-0.39, 0.29) is 18.4 Å². The summed E-state index contributed by atoms with van der Waals surface area (Å²) >= 11 is 0. The molecular weight excluding hydrogens is 256 g/mol. The van der Waals surface area contributed by atoms with Crippen LogP contribution in [0.4, 0.5) is 0 Å². The smallest absolute Gasteiger partial charge is 0.305 e. The number of hydrogen-bond donors (Lipinski definition) is 0. The van der Waals surface area contributed by atoms with E-state index in [1.807, 2.05) is 0 Å². The standard InChI is InChI=1S/C16H26O4/c1-2-3-12-19-15(17)10-7-11-16(18)20-13-14-8-5-4-6-9-14/h2,14H,1,3-13H2. The van der Waals surface area contributed by atoms with E-state index < -0.39 is 0 Å². The Labute approximate surface area is 121 Å². The van der Waals surface area contributed by atoms with Crippen LogP contribution in [0.15, 0.2) is 12.7 Å². The predicted octanol–water partition coefficient (Wildman–Crippen LogP) is 3.40. The molecule has 0 N–H and O–H groups in total. The third-order valence-corrected chi connectivity index (χ3v) is 3.55. The first-order valence-electron chi connectivity index (χ1n) is 7.64. The maximum Gasteiger partial charge on any atom is 0.305 e. The van der Waals surface area contributed by atoms with E-state index in [4.69, 9.17) is 9.47 Å². The van der Waals surface area contributed by atoms with Crippen LogP contribution >= 0.6 is 0 Å². The molecule has 1 fully saturated rings. The van der Waals surface area contributed by atoms with Crippen LogP contribution in [0.3, 0.4) is 0 Å². The highest BCUT2D eigenvalue weighted by molar-refractivity contribution is 5.72. The zero-order valence-corrected chi connectivity index (χ0v) is 12.3. The van der Waals surface area contributed by atoms with E-state index in [2.05, 4.69) is 6.58 Å². The second kappa shape index (κ2) is 10.5. The van der Waals surface area contributed by atoms with E-state index in [0.29, 0.717) is 38.4 Å². The molecule has 0 aromatic heterocycles. The molecule has 0 aromatic carbocycles. The Morgan fingerprint density at radius 2 is 1.70 bits per heavy atom. The molecule has 114 valence electrons. The summed E-state index contributed by atoms with van der Waals surface area (Å²) in [6, 6.07) is 0. The molecule has 0 saturated heterocycles. The van der Waals surface area contributed by atoms with Gasteiger partial charge in [0.1, 0.15) is 0 Å². The summed E-state index contributed by atoms with van der Waals surface area (Å²) in [6.07, 6.45) is 9.57. The third kappa shape index (κ3) is 7.97. The molecular formula is C16H26O4. The van der Waals surface area contributed by atoms with Crippen LogP contribution < -0.4 is 0 Å². The molecule has 0 spiro atoms. The van der Waals surface area contributed by atoms with Gasteiger partial charge in [-0.15, -0.1) is 6.58 Å². The fraction of sp³-hybridized carbons (Fsp3) is 0.750. The van der Waals surface area contributed by atoms with Crippen LogP contribution in [0.2, 0.25) is 0 Å². The molecule has 20 heavy (non-hydrogen) atoms. The van der Waals surface area contributed by atoms with Crippen molar-refractivity contribution < 1.29 is 19.1 Å². The Morgan fingerprint density at radius 1 is 1.05 bits per heavy atom. The Morgan fingerprint density at radius 3 is 2.35 bits per heavy atom. The molecule has 1 rings (SSSR count). The summed E-state index contributed by atoms with van der Waals surface area (Å²) in [6.45, 7) is 4.46. The fourth-order valence-corrected chi connectivity index (χ4v) is 2.34. The Bertz CT molecular complexity index is 306. The van der Waals surface area contributed by atoms with Gasteiger partial charge in [0.05, 0.1) is 13.2 Å². The fourth-order valence-electron chi connectivity index (χ4n) is 2.34. The van der Waals surface area contributed by atoms with Crippen molar-refractivity contribution in [2.75, 3.05) is 13.2 Å². The normalized spacial score (nSPS) is 15.6. The van der Waals surface area contributed by atoms with E-state index in [1.165, 1.54) is 32.1 Å². The van der Waals surface area contributed by atoms with Crippen LogP contribution in [-0.4, -0.2) is 25.2 Å². The zero-order chi connectivity index (χ0) is 14.6. The van der Waals surface area contributed by atoms with Gasteiger partial charge in [-0.05, 0) is 31.6 Å². The first-order chi connectivity index (χ1) is 9.72. The Balaban J connectivity index is 1.99. The molecule has 1 saturated carbocycles. The highest BCUT2D eigenvalue weighted by atomic mass is 16.5. The largest absolute Gasteiger partial charge is 0.465 e. The lowest BCUT2D eigenvalue weighted by Crippen LogP contribution is -2.16. The van der Waals surface area contributed by atoms with Crippen molar-refractivity contribution in [3.05, 3.63) is 12.7 Å². The van der Waals surface area contributed by atoms with Crippen LogP contribution in [-0.2, 0) is 19.1 Å². The van der Waals surface area contributed by atoms with Gasteiger partial charge in [-0.2, -0.15) is 0 Å². The molecule has 0 bridgehead atoms.